The number of nitrogens with one attached hydrogen (secondary N) is 2. The van der Waals surface area contributed by atoms with Gasteiger partial charge in [0, 0.05) is 69.2 Å². The van der Waals surface area contributed by atoms with E-state index in [1.807, 2.05) is 12.1 Å². The Balaban J connectivity index is 0.000000705. The number of methoxy groups -OCH3 is 1. The summed E-state index contributed by atoms with van der Waals surface area (Å²) >= 11 is 3.58. The fourth-order valence-electron chi connectivity index (χ4n) is 6.49. The molecule has 0 amide bonds. The average Bonchev–Trinajstić information content (AvgIpc) is 3.42. The molecule has 0 radical (unpaired) electrons. The van der Waals surface area contributed by atoms with Crippen LogP contribution in [0.1, 0.15) is 31.7 Å². The molecule has 6 rings (SSSR count). The summed E-state index contributed by atoms with van der Waals surface area (Å²) in [6.07, 6.45) is 4.14. The summed E-state index contributed by atoms with van der Waals surface area (Å²) in [6, 6.07) is 8.64. The van der Waals surface area contributed by atoms with Gasteiger partial charge in [0.2, 0.25) is 5.95 Å². The van der Waals surface area contributed by atoms with Crippen LogP contribution < -0.4 is 25.6 Å². The van der Waals surface area contributed by atoms with E-state index in [0.717, 1.165) is 76.5 Å². The minimum Gasteiger partial charge on any atom is -0.494 e. The normalized spacial score (nSPS) is 16.0. The lowest BCUT2D eigenvalue weighted by atomic mass is 10.00. The highest BCUT2D eigenvalue weighted by molar-refractivity contribution is 9.10. The Bertz CT molecular complexity index is 1950. The number of fused-ring (bicyclic) bond motifs is 1. The smallest absolute Gasteiger partial charge is 0.490 e. The van der Waals surface area contributed by atoms with E-state index in [1.165, 1.54) is 11.3 Å². The first-order valence-electron chi connectivity index (χ1n) is 17.1. The first-order chi connectivity index (χ1) is 25.2. The van der Waals surface area contributed by atoms with Crippen LogP contribution in [-0.2, 0) is 20.5 Å². The highest BCUT2D eigenvalue weighted by Crippen LogP contribution is 2.42. The maximum Gasteiger partial charge on any atom is 0.490 e. The lowest BCUT2D eigenvalue weighted by Gasteiger charge is -2.39. The Morgan fingerprint density at radius 2 is 1.77 bits per heavy atom. The Morgan fingerprint density at radius 1 is 1.06 bits per heavy atom. The van der Waals surface area contributed by atoms with Crippen LogP contribution in [0, 0.1) is 0 Å². The highest BCUT2D eigenvalue weighted by atomic mass is 79.9. The van der Waals surface area contributed by atoms with Crippen molar-refractivity contribution >= 4 is 74.2 Å². The molecule has 2 fully saturated rings. The van der Waals surface area contributed by atoms with Crippen LogP contribution in [0.5, 0.6) is 5.75 Å². The molecule has 2 aromatic carbocycles. The van der Waals surface area contributed by atoms with E-state index in [0.29, 0.717) is 44.3 Å². The predicted octanol–water partition coefficient (Wildman–Crippen LogP) is 6.81. The summed E-state index contributed by atoms with van der Waals surface area (Å²) in [5.74, 6) is -1.10. The van der Waals surface area contributed by atoms with E-state index < -0.39 is 19.3 Å². The van der Waals surface area contributed by atoms with Crippen LogP contribution in [0.4, 0.5) is 42.0 Å². The van der Waals surface area contributed by atoms with Gasteiger partial charge in [0.25, 0.3) is 0 Å². The number of carbonyl (C=O) groups is 1. The van der Waals surface area contributed by atoms with Crippen molar-refractivity contribution in [3.05, 3.63) is 52.9 Å². The molecule has 18 heteroatoms. The number of hydrogen-bond donors (Lipinski definition) is 3. The number of piperidine rings is 1. The van der Waals surface area contributed by atoms with Crippen molar-refractivity contribution in [2.45, 2.75) is 44.8 Å². The number of aromatic nitrogens is 4. The van der Waals surface area contributed by atoms with Crippen LogP contribution in [0.25, 0.3) is 11.0 Å². The fraction of sp³-hybridized carbons (Fsp3) is 0.457. The van der Waals surface area contributed by atoms with E-state index >= 15 is 0 Å². The maximum atomic E-state index is 13.4. The van der Waals surface area contributed by atoms with Gasteiger partial charge < -0.3 is 34.7 Å². The molecular weight excluding hydrogens is 780 g/mol. The Morgan fingerprint density at radius 3 is 2.43 bits per heavy atom. The van der Waals surface area contributed by atoms with Crippen molar-refractivity contribution in [3.63, 3.8) is 0 Å². The quantitative estimate of drug-likeness (QED) is 0.152. The van der Waals surface area contributed by atoms with Gasteiger partial charge in [-0.1, -0.05) is 6.92 Å². The number of benzene rings is 2. The lowest BCUT2D eigenvalue weighted by Crippen LogP contribution is -2.46. The number of halogens is 4. The van der Waals surface area contributed by atoms with Crippen LogP contribution in [0.15, 0.2) is 47.3 Å². The SMILES string of the molecule is CCc1cc(Nc2ncc(Br)c(Nc3ccc4nccnc4c3P(C)(C)=O)n2)c(OC)cc1N1CCC(N2CCCOCC2)CC1.O=C(O)C(F)(F)F. The molecule has 0 aliphatic carbocycles. The van der Waals surface area contributed by atoms with Crippen LogP contribution >= 0.6 is 23.1 Å². The number of carboxylic acid groups (broad SMARTS) is 1. The van der Waals surface area contributed by atoms with Crippen LogP contribution in [-0.4, -0.2) is 108 Å². The van der Waals surface area contributed by atoms with Crippen molar-refractivity contribution in [1.82, 2.24) is 24.8 Å². The molecule has 0 spiro atoms. The Kier molecular flexibility index (Phi) is 13.2. The standard InChI is InChI=1S/C33H42BrN8O3P.C2HF3O2/c1-5-22-19-27(29(44-2)20-28(22)42-14-9-23(10-15-42)41-13-6-17-45-18-16-41)39-33-37-21-24(34)32(40-33)38-26-8-7-25-30(36-12-11-35-25)31(26)46(3,4)43;3-2(4,5)1(6)7/h7-8,11-12,19-21,23H,5-6,9-10,13-18H2,1-4H3,(H2,37,38,39,40);(H,6,7). The summed E-state index contributed by atoms with van der Waals surface area (Å²) in [5.41, 5.74) is 5.22. The van der Waals surface area contributed by atoms with Gasteiger partial charge in [0.1, 0.15) is 24.2 Å². The number of anilines is 5. The number of carboxylic acids is 1. The number of rotatable bonds is 9. The third-order valence-corrected chi connectivity index (χ3v) is 11.1. The molecular formula is C35H43BrF3N8O5P. The fourth-order valence-corrected chi connectivity index (χ4v) is 8.17. The molecule has 13 nitrogen and oxygen atoms in total. The van der Waals surface area contributed by atoms with Crippen molar-refractivity contribution < 1.29 is 37.1 Å². The van der Waals surface area contributed by atoms with E-state index in [1.54, 1.807) is 39.0 Å². The monoisotopic (exact) mass is 822 g/mol. The van der Waals surface area contributed by atoms with Gasteiger partial charge >= 0.3 is 12.1 Å². The molecule has 0 bridgehead atoms. The van der Waals surface area contributed by atoms with E-state index in [2.05, 4.69) is 70.4 Å². The second kappa shape index (κ2) is 17.4. The average molecular weight is 824 g/mol. The Labute approximate surface area is 314 Å². The number of hydrogen-bond acceptors (Lipinski definition) is 12. The molecule has 4 heterocycles. The summed E-state index contributed by atoms with van der Waals surface area (Å²) in [7, 11) is -1.05. The molecule has 2 aromatic heterocycles. The second-order valence-electron chi connectivity index (χ2n) is 12.9. The number of aliphatic carboxylic acids is 1. The van der Waals surface area contributed by atoms with Gasteiger partial charge in [0.15, 0.2) is 0 Å². The van der Waals surface area contributed by atoms with Crippen molar-refractivity contribution in [1.29, 1.82) is 0 Å². The largest absolute Gasteiger partial charge is 0.494 e. The first kappa shape index (κ1) is 40.1. The minimum absolute atomic E-state index is 0.402. The number of aryl methyl sites for hydroxylation is 1. The molecule has 286 valence electrons. The molecule has 3 N–H and O–H groups in total. The van der Waals surface area contributed by atoms with E-state index in [9.17, 15) is 17.7 Å². The van der Waals surface area contributed by atoms with Crippen LogP contribution in [0.2, 0.25) is 0 Å². The summed E-state index contributed by atoms with van der Waals surface area (Å²) in [4.78, 5) is 32.2. The van der Waals surface area contributed by atoms with Crippen molar-refractivity contribution in [2.75, 3.05) is 75.4 Å². The molecule has 0 atom stereocenters. The second-order valence-corrected chi connectivity index (χ2v) is 16.9. The third-order valence-electron chi connectivity index (χ3n) is 9.00. The zero-order valence-corrected chi connectivity index (χ0v) is 32.4. The molecule has 2 saturated heterocycles. The van der Waals surface area contributed by atoms with E-state index in [-0.39, 0.29) is 0 Å². The number of ether oxygens (including phenoxy) is 2. The van der Waals surface area contributed by atoms with Gasteiger partial charge in [-0.2, -0.15) is 18.2 Å². The minimum atomic E-state index is -5.08. The van der Waals surface area contributed by atoms with Crippen LogP contribution in [0.3, 0.4) is 0 Å². The molecule has 0 saturated carbocycles. The Hall–Kier alpha value is -4.05. The van der Waals surface area contributed by atoms with Gasteiger partial charge in [-0.25, -0.2) is 9.78 Å². The van der Waals surface area contributed by atoms with Gasteiger partial charge in [-0.3, -0.25) is 14.9 Å². The summed E-state index contributed by atoms with van der Waals surface area (Å²) in [6.45, 7) is 11.6. The molecule has 4 aromatic rings. The third kappa shape index (κ3) is 10.1. The van der Waals surface area contributed by atoms with Crippen molar-refractivity contribution in [2.24, 2.45) is 0 Å². The molecule has 2 aliphatic heterocycles. The van der Waals surface area contributed by atoms with E-state index in [4.69, 9.17) is 24.4 Å². The molecule has 0 unspecified atom stereocenters. The predicted molar refractivity (Wildman–Crippen MR) is 203 cm³/mol. The summed E-state index contributed by atoms with van der Waals surface area (Å²) < 4.78 is 57.4. The zero-order valence-electron chi connectivity index (χ0n) is 29.9. The van der Waals surface area contributed by atoms with Gasteiger partial charge in [-0.05, 0) is 78.7 Å². The van der Waals surface area contributed by atoms with Crippen molar-refractivity contribution in [3.8, 4) is 5.75 Å². The topological polar surface area (TPSA) is 155 Å². The number of alkyl halides is 3. The summed E-state index contributed by atoms with van der Waals surface area (Å²) in [5, 5.41) is 14.5. The lowest BCUT2D eigenvalue weighted by molar-refractivity contribution is -0.192. The molecule has 2 aliphatic rings. The maximum absolute atomic E-state index is 13.4. The van der Waals surface area contributed by atoms with Gasteiger partial charge in [-0.15, -0.1) is 0 Å². The number of nitrogens with zero attached hydrogens (tertiary/aromatic N) is 6. The highest BCUT2D eigenvalue weighted by Gasteiger charge is 2.38. The first-order valence-corrected chi connectivity index (χ1v) is 20.5. The zero-order chi connectivity index (χ0) is 38.3. The van der Waals surface area contributed by atoms with Gasteiger partial charge in [0.05, 0.1) is 40.4 Å². The molecule has 53 heavy (non-hydrogen) atoms.